The first-order valence-electron chi connectivity index (χ1n) is 13.3. The van der Waals surface area contributed by atoms with Crippen LogP contribution in [0.5, 0.6) is 0 Å². The minimum atomic E-state index is 0.0836. The molecule has 2 aliphatic carbocycles. The monoisotopic (exact) mass is 483 g/mol. The zero-order valence-electron chi connectivity index (χ0n) is 20.9. The molecule has 2 unspecified atom stereocenters. The third-order valence-electron chi connectivity index (χ3n) is 8.26. The SMILES string of the molecule is c1ccc(-c2cccc(C3c4ccccc4-c4ccc5c(c43)C(c3ccccc3)c3ccccc3-5)n2)cc1. The summed E-state index contributed by atoms with van der Waals surface area (Å²) in [5.41, 5.74) is 15.5. The molecule has 0 spiro atoms. The maximum absolute atomic E-state index is 5.30. The van der Waals surface area contributed by atoms with Gasteiger partial charge < -0.3 is 0 Å². The van der Waals surface area contributed by atoms with E-state index in [9.17, 15) is 0 Å². The molecular formula is C37H25N. The third-order valence-corrected chi connectivity index (χ3v) is 8.26. The van der Waals surface area contributed by atoms with Crippen molar-refractivity contribution in [2.24, 2.45) is 0 Å². The Labute approximate surface area is 223 Å². The van der Waals surface area contributed by atoms with Gasteiger partial charge in [-0.2, -0.15) is 0 Å². The smallest absolute Gasteiger partial charge is 0.0705 e. The predicted molar refractivity (Wildman–Crippen MR) is 155 cm³/mol. The first-order valence-corrected chi connectivity index (χ1v) is 13.3. The molecular weight excluding hydrogens is 458 g/mol. The minimum absolute atomic E-state index is 0.0836. The molecule has 0 saturated carbocycles. The van der Waals surface area contributed by atoms with Gasteiger partial charge in [-0.3, -0.25) is 4.98 Å². The van der Waals surface area contributed by atoms with Crippen molar-refractivity contribution in [3.05, 3.63) is 173 Å². The Morgan fingerprint density at radius 3 is 1.63 bits per heavy atom. The lowest BCUT2D eigenvalue weighted by molar-refractivity contribution is 0.905. The van der Waals surface area contributed by atoms with E-state index in [0.717, 1.165) is 17.0 Å². The van der Waals surface area contributed by atoms with Crippen molar-refractivity contribution < 1.29 is 0 Å². The highest BCUT2D eigenvalue weighted by Gasteiger charge is 2.40. The summed E-state index contributed by atoms with van der Waals surface area (Å²) in [6, 6.07) is 50.5. The summed E-state index contributed by atoms with van der Waals surface area (Å²) in [6.45, 7) is 0. The number of fused-ring (bicyclic) bond motifs is 7. The second kappa shape index (κ2) is 8.39. The lowest BCUT2D eigenvalue weighted by atomic mass is 9.81. The molecule has 0 fully saturated rings. The van der Waals surface area contributed by atoms with Crippen molar-refractivity contribution in [2.75, 3.05) is 0 Å². The topological polar surface area (TPSA) is 12.9 Å². The fourth-order valence-corrected chi connectivity index (χ4v) is 6.71. The van der Waals surface area contributed by atoms with Crippen LogP contribution < -0.4 is 0 Å². The molecule has 1 heteroatoms. The Bertz CT molecular complexity index is 1820. The maximum Gasteiger partial charge on any atom is 0.0705 e. The highest BCUT2D eigenvalue weighted by atomic mass is 14.7. The van der Waals surface area contributed by atoms with E-state index in [-0.39, 0.29) is 11.8 Å². The van der Waals surface area contributed by atoms with Gasteiger partial charge in [0.2, 0.25) is 0 Å². The van der Waals surface area contributed by atoms with Gasteiger partial charge in [-0.1, -0.05) is 127 Å². The van der Waals surface area contributed by atoms with E-state index in [2.05, 4.69) is 140 Å². The van der Waals surface area contributed by atoms with Crippen molar-refractivity contribution >= 4 is 0 Å². The number of aromatic nitrogens is 1. The molecule has 2 aliphatic rings. The Balaban J connectivity index is 1.41. The van der Waals surface area contributed by atoms with E-state index in [1.807, 2.05) is 0 Å². The summed E-state index contributed by atoms with van der Waals surface area (Å²) in [6.07, 6.45) is 0. The van der Waals surface area contributed by atoms with Crippen molar-refractivity contribution in [1.82, 2.24) is 4.98 Å². The Morgan fingerprint density at radius 2 is 0.947 bits per heavy atom. The molecule has 0 N–H and O–H groups in total. The quantitative estimate of drug-likeness (QED) is 0.244. The molecule has 38 heavy (non-hydrogen) atoms. The molecule has 0 amide bonds. The van der Waals surface area contributed by atoms with Gasteiger partial charge in [-0.25, -0.2) is 0 Å². The van der Waals surface area contributed by atoms with Gasteiger partial charge in [0.15, 0.2) is 0 Å². The molecule has 5 aromatic carbocycles. The van der Waals surface area contributed by atoms with Gasteiger partial charge in [0.05, 0.1) is 17.3 Å². The van der Waals surface area contributed by atoms with E-state index in [4.69, 9.17) is 4.98 Å². The Kier molecular flexibility index (Phi) is 4.72. The van der Waals surface area contributed by atoms with Crippen molar-refractivity contribution in [3.8, 4) is 33.5 Å². The van der Waals surface area contributed by atoms with Gasteiger partial charge >= 0.3 is 0 Å². The standard InChI is InChI=1S/C37H25N/c1-3-12-24(13-4-1)32-20-11-21-33(38-32)35-29-19-10-8-17-27(29)31-23-22-30-26-16-7-9-18-28(26)34(36(30)37(31)35)25-14-5-2-6-15-25/h1-23,34-35H. The van der Waals surface area contributed by atoms with Crippen LogP contribution in [0.25, 0.3) is 33.5 Å². The van der Waals surface area contributed by atoms with Crippen LogP contribution in [-0.2, 0) is 0 Å². The number of hydrogen-bond donors (Lipinski definition) is 0. The molecule has 0 aliphatic heterocycles. The lowest BCUT2D eigenvalue weighted by Crippen LogP contribution is -2.08. The van der Waals surface area contributed by atoms with Gasteiger partial charge in [0.25, 0.3) is 0 Å². The summed E-state index contributed by atoms with van der Waals surface area (Å²) in [7, 11) is 0. The second-order valence-electron chi connectivity index (χ2n) is 10.3. The van der Waals surface area contributed by atoms with Crippen molar-refractivity contribution in [1.29, 1.82) is 0 Å². The molecule has 0 saturated heterocycles. The number of pyridine rings is 1. The molecule has 1 aromatic heterocycles. The van der Waals surface area contributed by atoms with Crippen LogP contribution >= 0.6 is 0 Å². The zero-order chi connectivity index (χ0) is 25.1. The van der Waals surface area contributed by atoms with Gasteiger partial charge in [-0.15, -0.1) is 0 Å². The van der Waals surface area contributed by atoms with E-state index >= 15 is 0 Å². The van der Waals surface area contributed by atoms with Crippen LogP contribution in [0, 0.1) is 0 Å². The number of rotatable bonds is 3. The van der Waals surface area contributed by atoms with Crippen LogP contribution in [0.3, 0.4) is 0 Å². The van der Waals surface area contributed by atoms with Crippen molar-refractivity contribution in [3.63, 3.8) is 0 Å². The molecule has 0 radical (unpaired) electrons. The van der Waals surface area contributed by atoms with Crippen LogP contribution in [0.15, 0.2) is 140 Å². The van der Waals surface area contributed by atoms with Crippen LogP contribution in [-0.4, -0.2) is 4.98 Å². The maximum atomic E-state index is 5.30. The summed E-state index contributed by atoms with van der Waals surface area (Å²) < 4.78 is 0. The second-order valence-corrected chi connectivity index (χ2v) is 10.3. The largest absolute Gasteiger partial charge is 0.252 e. The molecule has 2 atom stereocenters. The first kappa shape index (κ1) is 21.3. The zero-order valence-corrected chi connectivity index (χ0v) is 20.9. The number of benzene rings is 5. The summed E-state index contributed by atoms with van der Waals surface area (Å²) in [5.74, 6) is 0.284. The average molecular weight is 484 g/mol. The highest BCUT2D eigenvalue weighted by Crippen LogP contribution is 2.57. The summed E-state index contributed by atoms with van der Waals surface area (Å²) in [5, 5.41) is 0. The van der Waals surface area contributed by atoms with Crippen LogP contribution in [0.2, 0.25) is 0 Å². The molecule has 0 bridgehead atoms. The fourth-order valence-electron chi connectivity index (χ4n) is 6.71. The molecule has 1 heterocycles. The number of nitrogens with zero attached hydrogens (tertiary/aromatic N) is 1. The summed E-state index contributed by atoms with van der Waals surface area (Å²) in [4.78, 5) is 5.30. The highest BCUT2D eigenvalue weighted by molar-refractivity contribution is 5.91. The predicted octanol–water partition coefficient (Wildman–Crippen LogP) is 9.07. The van der Waals surface area contributed by atoms with E-state index in [1.165, 1.54) is 50.1 Å². The third kappa shape index (κ3) is 3.09. The van der Waals surface area contributed by atoms with Crippen molar-refractivity contribution in [2.45, 2.75) is 11.8 Å². The summed E-state index contributed by atoms with van der Waals surface area (Å²) >= 11 is 0. The van der Waals surface area contributed by atoms with E-state index < -0.39 is 0 Å². The molecule has 6 aromatic rings. The van der Waals surface area contributed by atoms with Gasteiger partial charge in [0, 0.05) is 11.5 Å². The average Bonchev–Trinajstić information content (AvgIpc) is 3.51. The normalized spacial score (nSPS) is 16.4. The molecule has 8 rings (SSSR count). The Hall–Kier alpha value is -4.75. The Morgan fingerprint density at radius 1 is 0.395 bits per heavy atom. The lowest BCUT2D eigenvalue weighted by Gasteiger charge is -2.22. The molecule has 178 valence electrons. The van der Waals surface area contributed by atoms with Crippen LogP contribution in [0.4, 0.5) is 0 Å². The van der Waals surface area contributed by atoms with Crippen LogP contribution in [0.1, 0.15) is 45.3 Å². The van der Waals surface area contributed by atoms with Gasteiger partial charge in [-0.05, 0) is 62.2 Å². The fraction of sp³-hybridized carbons (Fsp3) is 0.0541. The first-order chi connectivity index (χ1) is 18.9. The van der Waals surface area contributed by atoms with E-state index in [0.29, 0.717) is 0 Å². The van der Waals surface area contributed by atoms with E-state index in [1.54, 1.807) is 0 Å². The molecule has 1 nitrogen and oxygen atoms in total. The number of hydrogen-bond acceptors (Lipinski definition) is 1. The van der Waals surface area contributed by atoms with Gasteiger partial charge in [0.1, 0.15) is 0 Å². The minimum Gasteiger partial charge on any atom is -0.252 e.